The van der Waals surface area contributed by atoms with Gasteiger partial charge in [0.2, 0.25) is 5.75 Å². The SMILES string of the molecule is O=C(CNC(=O)c1nc2n(c(=O)c1OCc1ccccc1)CC1CCC2C(NC(=O)OCc2ccccc2)C1)Cc1ccc(F)cc1. The molecule has 10 nitrogen and oxygen atoms in total. The third-order valence-corrected chi connectivity index (χ3v) is 8.61. The van der Waals surface area contributed by atoms with Gasteiger partial charge < -0.3 is 20.1 Å². The summed E-state index contributed by atoms with van der Waals surface area (Å²) in [5, 5.41) is 5.58. The van der Waals surface area contributed by atoms with Crippen LogP contribution in [0.15, 0.2) is 89.7 Å². The molecule has 3 aliphatic rings. The van der Waals surface area contributed by atoms with E-state index in [1.807, 2.05) is 60.7 Å². The molecule has 11 heteroatoms. The molecule has 2 N–H and O–H groups in total. The third-order valence-electron chi connectivity index (χ3n) is 8.61. The Morgan fingerprint density at radius 1 is 0.872 bits per heavy atom. The fraction of sp³-hybridized carbons (Fsp3) is 0.306. The average molecular weight is 639 g/mol. The Bertz CT molecular complexity index is 1800. The van der Waals surface area contributed by atoms with Crippen molar-refractivity contribution >= 4 is 17.8 Å². The average Bonchev–Trinajstić information content (AvgIpc) is 3.35. The quantitative estimate of drug-likeness (QED) is 0.244. The van der Waals surface area contributed by atoms with E-state index in [9.17, 15) is 23.6 Å². The van der Waals surface area contributed by atoms with Crippen molar-refractivity contribution < 1.29 is 28.2 Å². The first-order chi connectivity index (χ1) is 22.8. The van der Waals surface area contributed by atoms with E-state index in [0.29, 0.717) is 30.8 Å². The van der Waals surface area contributed by atoms with Crippen molar-refractivity contribution in [3.8, 4) is 5.75 Å². The summed E-state index contributed by atoms with van der Waals surface area (Å²) in [6, 6.07) is 23.8. The summed E-state index contributed by atoms with van der Waals surface area (Å²) in [5.74, 6) is -1.51. The van der Waals surface area contributed by atoms with Crippen LogP contribution < -0.4 is 20.9 Å². The zero-order chi connectivity index (χ0) is 32.8. The molecule has 4 aromatic rings. The van der Waals surface area contributed by atoms with Crippen molar-refractivity contribution in [3.05, 3.63) is 129 Å². The van der Waals surface area contributed by atoms with Gasteiger partial charge in [0.15, 0.2) is 11.5 Å². The molecule has 1 aliphatic carbocycles. The molecule has 242 valence electrons. The number of hydrogen-bond donors (Lipinski definition) is 2. The van der Waals surface area contributed by atoms with Gasteiger partial charge in [-0.2, -0.15) is 0 Å². The van der Waals surface area contributed by atoms with E-state index in [0.717, 1.165) is 17.5 Å². The summed E-state index contributed by atoms with van der Waals surface area (Å²) < 4.78 is 26.3. The lowest BCUT2D eigenvalue weighted by molar-refractivity contribution is -0.117. The van der Waals surface area contributed by atoms with Crippen molar-refractivity contribution in [2.24, 2.45) is 5.92 Å². The third kappa shape index (κ3) is 7.74. The molecule has 1 fully saturated rings. The summed E-state index contributed by atoms with van der Waals surface area (Å²) in [5.41, 5.74) is 1.56. The van der Waals surface area contributed by atoms with Crippen LogP contribution >= 0.6 is 0 Å². The number of carbonyl (C=O) groups is 3. The van der Waals surface area contributed by atoms with Crippen LogP contribution in [0.3, 0.4) is 0 Å². The van der Waals surface area contributed by atoms with Gasteiger partial charge in [0.25, 0.3) is 11.5 Å². The van der Waals surface area contributed by atoms with Crippen LogP contribution in [0.4, 0.5) is 9.18 Å². The van der Waals surface area contributed by atoms with Crippen molar-refractivity contribution in [2.75, 3.05) is 6.54 Å². The van der Waals surface area contributed by atoms with Crippen LogP contribution in [-0.4, -0.2) is 39.9 Å². The number of carbonyl (C=O) groups excluding carboxylic acids is 3. The summed E-state index contributed by atoms with van der Waals surface area (Å²) in [6.07, 6.45) is 1.52. The van der Waals surface area contributed by atoms with Gasteiger partial charge in [-0.1, -0.05) is 72.8 Å². The van der Waals surface area contributed by atoms with Gasteiger partial charge in [0.05, 0.1) is 6.54 Å². The molecule has 0 radical (unpaired) electrons. The normalized spacial score (nSPS) is 18.0. The van der Waals surface area contributed by atoms with Crippen molar-refractivity contribution in [3.63, 3.8) is 0 Å². The van der Waals surface area contributed by atoms with Crippen molar-refractivity contribution in [2.45, 2.75) is 57.4 Å². The lowest BCUT2D eigenvalue weighted by atomic mass is 9.79. The maximum absolute atomic E-state index is 14.0. The number of ketones is 1. The van der Waals surface area contributed by atoms with Crippen LogP contribution in [0.2, 0.25) is 0 Å². The highest BCUT2D eigenvalue weighted by atomic mass is 19.1. The summed E-state index contributed by atoms with van der Waals surface area (Å²) >= 11 is 0. The lowest BCUT2D eigenvalue weighted by Gasteiger charge is -2.32. The number of amides is 2. The van der Waals surface area contributed by atoms with Crippen LogP contribution in [0.1, 0.15) is 58.2 Å². The van der Waals surface area contributed by atoms with Crippen LogP contribution in [0, 0.1) is 11.7 Å². The van der Waals surface area contributed by atoms with E-state index in [4.69, 9.17) is 14.5 Å². The maximum Gasteiger partial charge on any atom is 0.407 e. The maximum atomic E-state index is 14.0. The van der Waals surface area contributed by atoms with Gasteiger partial charge in [-0.05, 0) is 54.0 Å². The molecule has 2 aliphatic heterocycles. The molecule has 3 aromatic carbocycles. The van der Waals surface area contributed by atoms with Crippen LogP contribution in [-0.2, 0) is 35.7 Å². The zero-order valence-electron chi connectivity index (χ0n) is 25.7. The number of nitrogens with one attached hydrogen (secondary N) is 2. The molecule has 2 bridgehead atoms. The topological polar surface area (TPSA) is 129 Å². The minimum absolute atomic E-state index is 0.00458. The molecule has 0 saturated heterocycles. The lowest BCUT2D eigenvalue weighted by Crippen LogP contribution is -2.43. The molecule has 1 aromatic heterocycles. The molecule has 2 amide bonds. The monoisotopic (exact) mass is 638 g/mol. The van der Waals surface area contributed by atoms with E-state index in [1.54, 1.807) is 4.57 Å². The number of nitrogens with zero attached hydrogens (tertiary/aromatic N) is 2. The smallest absolute Gasteiger partial charge is 0.407 e. The molecule has 1 saturated carbocycles. The van der Waals surface area contributed by atoms with Gasteiger partial charge in [-0.25, -0.2) is 14.2 Å². The van der Waals surface area contributed by atoms with Crippen molar-refractivity contribution in [1.82, 2.24) is 20.2 Å². The Morgan fingerprint density at radius 3 is 2.26 bits per heavy atom. The van der Waals surface area contributed by atoms with Gasteiger partial charge in [0.1, 0.15) is 24.9 Å². The minimum Gasteiger partial charge on any atom is -0.481 e. The van der Waals surface area contributed by atoms with Crippen molar-refractivity contribution in [1.29, 1.82) is 0 Å². The summed E-state index contributed by atoms with van der Waals surface area (Å²) in [4.78, 5) is 57.9. The van der Waals surface area contributed by atoms with Gasteiger partial charge in [-0.3, -0.25) is 19.0 Å². The number of Topliss-reactive ketones (excluding diaryl/α,β-unsaturated/α-hetero) is 1. The second-order valence-electron chi connectivity index (χ2n) is 12.0. The number of fused-ring (bicyclic) bond motifs is 2. The fourth-order valence-corrected chi connectivity index (χ4v) is 6.25. The predicted molar refractivity (Wildman–Crippen MR) is 170 cm³/mol. The van der Waals surface area contributed by atoms with E-state index in [-0.39, 0.29) is 61.3 Å². The molecule has 3 unspecified atom stereocenters. The second-order valence-corrected chi connectivity index (χ2v) is 12.0. The van der Waals surface area contributed by atoms with Gasteiger partial charge in [0, 0.05) is 24.9 Å². The standard InChI is InChI=1S/C36H35FN4O6/c37-27-14-11-23(12-15-27)17-28(42)19-38-34(43)31-32(46-21-24-7-3-1-4-8-24)35(44)41-20-26-13-16-29(33(41)40-31)30(18-26)39-36(45)47-22-25-9-5-2-6-10-25/h1-12,14-15,26,29-30H,13,16-22H2,(H,38,43)(H,39,45). The van der Waals surface area contributed by atoms with Gasteiger partial charge in [-0.15, -0.1) is 0 Å². The fourth-order valence-electron chi connectivity index (χ4n) is 6.25. The van der Waals surface area contributed by atoms with E-state index in [2.05, 4.69) is 10.6 Å². The highest BCUT2D eigenvalue weighted by Gasteiger charge is 2.41. The van der Waals surface area contributed by atoms with E-state index >= 15 is 0 Å². The molecule has 7 rings (SSSR count). The summed E-state index contributed by atoms with van der Waals surface area (Å²) in [7, 11) is 0. The number of hydrogen-bond acceptors (Lipinski definition) is 7. The van der Waals surface area contributed by atoms with E-state index < -0.39 is 23.4 Å². The first-order valence-electron chi connectivity index (χ1n) is 15.7. The Labute approximate surface area is 270 Å². The largest absolute Gasteiger partial charge is 0.481 e. The second kappa shape index (κ2) is 14.4. The number of alkyl carbamates (subject to hydrolysis) is 1. The number of benzene rings is 3. The highest BCUT2D eigenvalue weighted by molar-refractivity contribution is 5.97. The highest BCUT2D eigenvalue weighted by Crippen LogP contribution is 2.40. The number of halogens is 1. The Morgan fingerprint density at radius 2 is 1.55 bits per heavy atom. The number of aromatic nitrogens is 2. The Balaban J connectivity index is 1.24. The van der Waals surface area contributed by atoms with E-state index in [1.165, 1.54) is 24.3 Å². The number of rotatable bonds is 11. The number of ether oxygens (including phenoxy) is 2. The predicted octanol–water partition coefficient (Wildman–Crippen LogP) is 4.70. The Hall–Kier alpha value is -5.32. The molecular weight excluding hydrogens is 603 g/mol. The zero-order valence-corrected chi connectivity index (χ0v) is 25.7. The summed E-state index contributed by atoms with van der Waals surface area (Å²) in [6.45, 7) is 0.200. The van der Waals surface area contributed by atoms with Gasteiger partial charge >= 0.3 is 6.09 Å². The molecule has 47 heavy (non-hydrogen) atoms. The molecule has 0 spiro atoms. The first kappa shape index (κ1) is 31.7. The minimum atomic E-state index is -0.730. The van der Waals surface area contributed by atoms with Crippen LogP contribution in [0.25, 0.3) is 0 Å². The Kier molecular flexibility index (Phi) is 9.70. The molecule has 3 heterocycles. The molecular formula is C36H35FN4O6. The molecule has 3 atom stereocenters. The van der Waals surface area contributed by atoms with Crippen LogP contribution in [0.5, 0.6) is 5.75 Å². The first-order valence-corrected chi connectivity index (χ1v) is 15.7.